The van der Waals surface area contributed by atoms with E-state index >= 15 is 0 Å². The first kappa shape index (κ1) is 55.7. The topological polar surface area (TPSA) is 530 Å². The molecule has 9 heterocycles. The van der Waals surface area contributed by atoms with Crippen LogP contribution in [0.25, 0.3) is 28.0 Å². The zero-order chi connectivity index (χ0) is 55.0. The molecular formula is C34H48N15O23P4+. The third-order valence-corrected chi connectivity index (χ3v) is 17.1. The van der Waals surface area contributed by atoms with Gasteiger partial charge >= 0.3 is 36.9 Å². The van der Waals surface area contributed by atoms with Crippen molar-refractivity contribution in [2.45, 2.75) is 73.6 Å². The minimum Gasteiger partial charge on any atom is -0.387 e. The number of ether oxygens (including phenoxy) is 5. The molecule has 4 aliphatic rings. The summed E-state index contributed by atoms with van der Waals surface area (Å²) >= 11 is 0. The highest BCUT2D eigenvalue weighted by atomic mass is 31.3. The molecule has 3 fully saturated rings. The average Bonchev–Trinajstić information content (AvgIpc) is 4.18. The molecule has 38 nitrogen and oxygen atoms in total. The van der Waals surface area contributed by atoms with E-state index in [1.54, 1.807) is 0 Å². The van der Waals surface area contributed by atoms with E-state index in [9.17, 15) is 57.9 Å². The maximum atomic E-state index is 13.7. The van der Waals surface area contributed by atoms with Crippen molar-refractivity contribution in [3.63, 3.8) is 0 Å². The first-order valence-corrected chi connectivity index (χ1v) is 27.7. The summed E-state index contributed by atoms with van der Waals surface area (Å²) in [5, 5.41) is 35.6. The van der Waals surface area contributed by atoms with Crippen LogP contribution in [-0.4, -0.2) is 173 Å². The van der Waals surface area contributed by atoms with E-state index in [0.29, 0.717) is 0 Å². The maximum absolute atomic E-state index is 13.7. The molecule has 9 rings (SSSR count). The largest absolute Gasteiger partial charge is 0.490 e. The van der Waals surface area contributed by atoms with Gasteiger partial charge in [-0.2, -0.15) is 13.6 Å². The summed E-state index contributed by atoms with van der Waals surface area (Å²) < 4.78 is 116. The second-order valence-corrected chi connectivity index (χ2v) is 22.9. The van der Waals surface area contributed by atoms with E-state index < -0.39 is 130 Å². The molecule has 7 unspecified atom stereocenters. The molecule has 0 saturated carbocycles. The van der Waals surface area contributed by atoms with Gasteiger partial charge in [-0.25, -0.2) is 42.8 Å². The number of H-pyrrole nitrogens is 1. The number of hydrogen-bond donors (Lipinski definition) is 12. The molecule has 5 aromatic rings. The number of fused-ring (bicyclic) bond motifs is 3. The molecule has 0 amide bonds. The Morgan fingerprint density at radius 1 is 0.763 bits per heavy atom. The number of nitrogens with one attached hydrogen (secondary N) is 2. The van der Waals surface area contributed by atoms with Crippen molar-refractivity contribution in [3.05, 3.63) is 47.9 Å². The predicted molar refractivity (Wildman–Crippen MR) is 247 cm³/mol. The Kier molecular flexibility index (Phi) is 15.3. The number of hydrogen-bond acceptors (Lipinski definition) is 29. The number of nitrogens with two attached hydrogens (primary N) is 3. The minimum atomic E-state index is -6.17. The normalized spacial score (nSPS) is 30.9. The first-order valence-electron chi connectivity index (χ1n) is 21.7. The van der Waals surface area contributed by atoms with Gasteiger partial charge in [0.1, 0.15) is 72.5 Å². The molecule has 5 aromatic heterocycles. The number of aliphatic imine (C=N–C) groups is 1. The van der Waals surface area contributed by atoms with Crippen LogP contribution in [0.15, 0.2) is 41.7 Å². The quantitative estimate of drug-likeness (QED) is 0.0267. The van der Waals surface area contributed by atoms with Gasteiger partial charge in [0.15, 0.2) is 42.0 Å². The molecule has 0 radical (unpaired) electrons. The van der Waals surface area contributed by atoms with Crippen molar-refractivity contribution < 1.29 is 108 Å². The lowest BCUT2D eigenvalue weighted by atomic mass is 10.1. The number of aliphatic hydroxyl groups is 3. The molecule has 16 atom stereocenters. The Bertz CT molecular complexity index is 3340. The number of imidazole rings is 3. The number of guanidine groups is 1. The zero-order valence-corrected chi connectivity index (χ0v) is 42.8. The van der Waals surface area contributed by atoms with Gasteiger partial charge in [-0.3, -0.25) is 41.6 Å². The summed E-state index contributed by atoms with van der Waals surface area (Å²) in [7, 11) is -19.6. The van der Waals surface area contributed by atoms with Crippen LogP contribution in [0, 0.1) is 0 Å². The number of aromatic nitrogens is 10. The van der Waals surface area contributed by atoms with E-state index in [1.165, 1.54) is 38.0 Å². The number of phosphoric acid groups is 4. The van der Waals surface area contributed by atoms with E-state index in [1.807, 2.05) is 0 Å². The Balaban J connectivity index is 0.863. The smallest absolute Gasteiger partial charge is 0.387 e. The minimum absolute atomic E-state index is 0.0264. The Morgan fingerprint density at radius 2 is 1.38 bits per heavy atom. The lowest BCUT2D eigenvalue weighted by Gasteiger charge is -2.26. The second-order valence-electron chi connectivity index (χ2n) is 16.8. The summed E-state index contributed by atoms with van der Waals surface area (Å²) in [5.41, 5.74) is 17.4. The van der Waals surface area contributed by atoms with Gasteiger partial charge < -0.3 is 81.1 Å². The molecule has 3 saturated heterocycles. The van der Waals surface area contributed by atoms with Crippen LogP contribution in [-0.2, 0) is 75.7 Å². The van der Waals surface area contributed by atoms with Gasteiger partial charge in [0.05, 0.1) is 45.2 Å². The molecule has 76 heavy (non-hydrogen) atoms. The van der Waals surface area contributed by atoms with Crippen molar-refractivity contribution in [1.29, 1.82) is 0 Å². The average molecular weight is 1160 g/mol. The number of phosphoric ester groups is 3. The van der Waals surface area contributed by atoms with Crippen LogP contribution in [0.1, 0.15) is 24.4 Å². The number of methoxy groups -OCH3 is 2. The fourth-order valence-electron chi connectivity index (χ4n) is 8.66. The van der Waals surface area contributed by atoms with E-state index in [4.69, 9.17) is 59.0 Å². The fourth-order valence-corrected chi connectivity index (χ4v) is 13.1. The van der Waals surface area contributed by atoms with Gasteiger partial charge in [0.2, 0.25) is 11.7 Å². The van der Waals surface area contributed by atoms with Crippen LogP contribution < -0.4 is 32.6 Å². The first-order chi connectivity index (χ1) is 35.7. The SMILES string of the molecule is C=C1NC(N)=Nc2c1ncn2[C@@H]1O[C@H](COP(=O)(O)O[C@@H]2C(OC)[C@H](n3cnc4c(N)ncnc43)O[C@@H]2COP(=O)(O)OP(=O)(O)OP(=O)(O)OC[C@H]2O[C@@H]([n+]3cn(C)c4c(=O)[nH]c(N)nc43)C(O)[C@H]2OC)[C@H](O)C1O. The van der Waals surface area contributed by atoms with Crippen LogP contribution in [0.3, 0.4) is 0 Å². The van der Waals surface area contributed by atoms with Crippen LogP contribution in [0.4, 0.5) is 17.6 Å². The van der Waals surface area contributed by atoms with Crippen molar-refractivity contribution in [2.75, 3.05) is 45.5 Å². The zero-order valence-electron chi connectivity index (χ0n) is 39.2. The molecular weight excluding hydrogens is 1110 g/mol. The predicted octanol–water partition coefficient (Wildman–Crippen LogP) is -3.36. The molecule has 0 spiro atoms. The van der Waals surface area contributed by atoms with Gasteiger partial charge in [0, 0.05) is 14.2 Å². The van der Waals surface area contributed by atoms with Gasteiger partial charge in [-0.1, -0.05) is 11.6 Å². The summed E-state index contributed by atoms with van der Waals surface area (Å²) in [5.74, 6) is -0.302. The lowest BCUT2D eigenvalue weighted by Crippen LogP contribution is -2.46. The number of aryl methyl sites for hydroxylation is 1. The van der Waals surface area contributed by atoms with Crippen LogP contribution in [0.5, 0.6) is 0 Å². The van der Waals surface area contributed by atoms with Crippen LogP contribution in [0.2, 0.25) is 0 Å². The Morgan fingerprint density at radius 3 is 2.05 bits per heavy atom. The third kappa shape index (κ3) is 11.0. The van der Waals surface area contributed by atoms with Gasteiger partial charge in [-0.05, 0) is 0 Å². The third-order valence-electron chi connectivity index (χ3n) is 11.9. The summed E-state index contributed by atoms with van der Waals surface area (Å²) in [6, 6.07) is 0. The molecule has 4 aliphatic heterocycles. The van der Waals surface area contributed by atoms with Crippen molar-refractivity contribution >= 4 is 82.9 Å². The monoisotopic (exact) mass is 1160 g/mol. The molecule has 0 aromatic carbocycles. The fraction of sp³-hybridized carbons (Fsp3) is 0.529. The highest BCUT2D eigenvalue weighted by Gasteiger charge is 2.54. The molecule has 15 N–H and O–H groups in total. The molecule has 42 heteroatoms. The number of rotatable bonds is 20. The molecule has 0 aliphatic carbocycles. The summed E-state index contributed by atoms with van der Waals surface area (Å²) in [6.45, 7) is 0.626. The molecule has 0 bridgehead atoms. The number of nitrogen functional groups attached to an aromatic ring is 2. The number of anilines is 2. The van der Waals surface area contributed by atoms with Crippen molar-refractivity contribution in [1.82, 2.24) is 48.9 Å². The maximum Gasteiger partial charge on any atom is 0.490 e. The van der Waals surface area contributed by atoms with Gasteiger partial charge in [-0.15, -0.1) is 0 Å². The number of aliphatic hydroxyl groups excluding tert-OH is 3. The highest BCUT2D eigenvalue weighted by Crippen LogP contribution is 2.68. The van der Waals surface area contributed by atoms with Crippen molar-refractivity contribution in [3.8, 4) is 0 Å². The standard InChI is InChI=1S/C34H47N15O23P4/c1-12-16-27(43-33(36)42-12)48(9-40-16)30-20(51)19(50)13(67-30)5-64-73(54,55)70-23-15(69-32(24(23)63-4)47-10-41-17-25(35)38-8-39-26(17)47)7-66-75(58,59)72-76(60,61)71-74(56,57)65-6-14-22(62-3)21(52)31(68-14)49-11-46(2)18-28(49)44-34(37)45-29(18)53/h8-11,13-15,19-24,30-32,50-52H,1,5-7H2,2-4H3,(H11-,35,36,37,38,39,42,43,44,45,53,54,55,56,57,58,59,60,61)/p+1/t13-,14-,15-,19+,20?,21?,22+,23+,24?,30-,31-,32-/m1/s1. The van der Waals surface area contributed by atoms with Gasteiger partial charge in [0.25, 0.3) is 11.5 Å². The second kappa shape index (κ2) is 20.9. The van der Waals surface area contributed by atoms with Crippen molar-refractivity contribution in [2.24, 2.45) is 17.8 Å². The Labute approximate surface area is 423 Å². The van der Waals surface area contributed by atoms with Crippen LogP contribution >= 0.6 is 31.3 Å². The number of nitrogens with zero attached hydrogens (tertiary/aromatic N) is 10. The molecule has 416 valence electrons. The summed E-state index contributed by atoms with van der Waals surface area (Å²) in [4.78, 5) is 82.0. The summed E-state index contributed by atoms with van der Waals surface area (Å²) in [6.07, 6.45) is -13.9. The van der Waals surface area contributed by atoms with E-state index in [2.05, 4.69) is 55.4 Å². The highest BCUT2D eigenvalue weighted by molar-refractivity contribution is 7.66. The number of aromatic amines is 1. The lowest BCUT2D eigenvalue weighted by molar-refractivity contribution is -0.745. The van der Waals surface area contributed by atoms with E-state index in [0.717, 1.165) is 26.9 Å². The Hall–Kier alpha value is -5.08. The van der Waals surface area contributed by atoms with E-state index in [-0.39, 0.29) is 57.3 Å².